The molecule has 0 radical (unpaired) electrons. The monoisotopic (exact) mass is 481 g/mol. The summed E-state index contributed by atoms with van der Waals surface area (Å²) in [7, 11) is 0. The van der Waals surface area contributed by atoms with Crippen molar-refractivity contribution < 1.29 is 19.4 Å². The van der Waals surface area contributed by atoms with E-state index in [0.717, 1.165) is 58.0 Å². The summed E-state index contributed by atoms with van der Waals surface area (Å²) < 4.78 is 6.38. The van der Waals surface area contributed by atoms with Gasteiger partial charge in [-0.25, -0.2) is 0 Å². The van der Waals surface area contributed by atoms with E-state index in [1.165, 1.54) is 0 Å². The highest BCUT2D eigenvalue weighted by atomic mass is 35.5. The zero-order valence-electron chi connectivity index (χ0n) is 21.2. The van der Waals surface area contributed by atoms with Crippen molar-refractivity contribution in [3.05, 3.63) is 0 Å². The van der Waals surface area contributed by atoms with Gasteiger partial charge in [0.1, 0.15) is 11.9 Å². The zero-order valence-corrected chi connectivity index (χ0v) is 21.9. The van der Waals surface area contributed by atoms with Gasteiger partial charge in [-0.3, -0.25) is 14.5 Å². The molecule has 0 aromatic rings. The van der Waals surface area contributed by atoms with Crippen molar-refractivity contribution in [1.82, 2.24) is 4.90 Å². The average molecular weight is 482 g/mol. The van der Waals surface area contributed by atoms with Gasteiger partial charge in [0.2, 0.25) is 0 Å². The van der Waals surface area contributed by atoms with Crippen LogP contribution in [-0.4, -0.2) is 59.0 Å². The number of Topliss-reactive ketones (excluding diaryl/α,β-unsaturated/α-hetero) is 1. The Morgan fingerprint density at radius 1 is 1.06 bits per heavy atom. The van der Waals surface area contributed by atoms with Crippen LogP contribution >= 0.6 is 11.6 Å². The second-order valence-corrected chi connectivity index (χ2v) is 12.6. The second-order valence-electron chi connectivity index (χ2n) is 12.0. The van der Waals surface area contributed by atoms with Gasteiger partial charge in [-0.1, -0.05) is 27.7 Å². The van der Waals surface area contributed by atoms with Crippen molar-refractivity contribution in [3.8, 4) is 0 Å². The van der Waals surface area contributed by atoms with Crippen molar-refractivity contribution in [2.24, 2.45) is 40.4 Å². The van der Waals surface area contributed by atoms with Gasteiger partial charge in [0.25, 0.3) is 0 Å². The number of hydrogen-bond donors (Lipinski definition) is 1. The molecule has 0 heterocycles. The van der Waals surface area contributed by atoms with Gasteiger partial charge in [-0.15, -0.1) is 11.6 Å². The van der Waals surface area contributed by atoms with Crippen LogP contribution < -0.4 is 0 Å². The van der Waals surface area contributed by atoms with Gasteiger partial charge >= 0.3 is 5.97 Å². The zero-order chi connectivity index (χ0) is 24.1. The van der Waals surface area contributed by atoms with Crippen LogP contribution in [0.5, 0.6) is 0 Å². The molecule has 4 rings (SSSR count). The first-order chi connectivity index (χ1) is 15.5. The Kier molecular flexibility index (Phi) is 7.27. The van der Waals surface area contributed by atoms with E-state index in [1.807, 2.05) is 0 Å². The largest absolute Gasteiger partial charge is 0.461 e. The number of nitrogens with zero attached hydrogens (tertiary/aromatic N) is 1. The van der Waals surface area contributed by atoms with Gasteiger partial charge < -0.3 is 9.84 Å². The van der Waals surface area contributed by atoms with Crippen LogP contribution in [0, 0.1) is 40.4 Å². The maximum Gasteiger partial charge on any atom is 0.320 e. The van der Waals surface area contributed by atoms with E-state index in [4.69, 9.17) is 16.3 Å². The maximum absolute atomic E-state index is 13.1. The van der Waals surface area contributed by atoms with Crippen LogP contribution in [0.2, 0.25) is 0 Å². The summed E-state index contributed by atoms with van der Waals surface area (Å²) in [5, 5.41) is 10.3. The van der Waals surface area contributed by atoms with Crippen LogP contribution in [0.3, 0.4) is 0 Å². The molecule has 0 amide bonds. The highest BCUT2D eigenvalue weighted by Crippen LogP contribution is 2.68. The van der Waals surface area contributed by atoms with Crippen molar-refractivity contribution in [2.45, 2.75) is 97.1 Å². The van der Waals surface area contributed by atoms with Crippen LogP contribution in [-0.2, 0) is 14.3 Å². The second kappa shape index (κ2) is 9.43. The lowest BCUT2D eigenvalue weighted by Crippen LogP contribution is -2.61. The fourth-order valence-corrected chi connectivity index (χ4v) is 9.38. The molecule has 4 saturated carbocycles. The third-order valence-corrected chi connectivity index (χ3v) is 11.0. The molecule has 0 unspecified atom stereocenters. The Morgan fingerprint density at radius 3 is 2.39 bits per heavy atom. The highest BCUT2D eigenvalue weighted by Gasteiger charge is 2.65. The van der Waals surface area contributed by atoms with Gasteiger partial charge in [-0.2, -0.15) is 0 Å². The Balaban J connectivity index is 1.68. The summed E-state index contributed by atoms with van der Waals surface area (Å²) in [6.45, 7) is 12.5. The molecular weight excluding hydrogens is 438 g/mol. The molecule has 1 N–H and O–H groups in total. The predicted octanol–water partition coefficient (Wildman–Crippen LogP) is 4.68. The minimum Gasteiger partial charge on any atom is -0.461 e. The normalized spacial score (nSPS) is 46.9. The Morgan fingerprint density at radius 2 is 1.76 bits per heavy atom. The average Bonchev–Trinajstić information content (AvgIpc) is 3.09. The molecule has 4 aliphatic carbocycles. The standard InChI is InChI=1S/C27H44ClNO4/c1-6-29(7-2)15-24(32)33-23-14-27(5)19(16(3)30)10-11-20(27)18-9-8-17-12-22(31)21(28)13-26(17,4)25(18)23/h17-23,25,31H,6-15H2,1-5H3/t17-,18-,19+,20-,21-,22-,23-,25+,26-,27+/m0/s1. The molecule has 4 fully saturated rings. The molecule has 5 nitrogen and oxygen atoms in total. The molecule has 0 spiro atoms. The first-order valence-electron chi connectivity index (χ1n) is 13.3. The van der Waals surface area contributed by atoms with E-state index in [2.05, 4.69) is 32.6 Å². The lowest BCUT2D eigenvalue weighted by molar-refractivity contribution is -0.199. The molecule has 0 aliphatic heterocycles. The molecule has 0 saturated heterocycles. The summed E-state index contributed by atoms with van der Waals surface area (Å²) in [6.07, 6.45) is 5.88. The van der Waals surface area contributed by atoms with Crippen LogP contribution in [0.15, 0.2) is 0 Å². The summed E-state index contributed by atoms with van der Waals surface area (Å²) in [5.41, 5.74) is -0.158. The number of likely N-dealkylation sites (N-methyl/N-ethyl adjacent to an activating group) is 1. The molecule has 0 bridgehead atoms. The molecule has 33 heavy (non-hydrogen) atoms. The van der Waals surface area contributed by atoms with Crippen LogP contribution in [0.4, 0.5) is 0 Å². The van der Waals surface area contributed by atoms with Crippen molar-refractivity contribution in [3.63, 3.8) is 0 Å². The molecule has 10 atom stereocenters. The van der Waals surface area contributed by atoms with Gasteiger partial charge in [0.05, 0.1) is 18.0 Å². The summed E-state index contributed by atoms with van der Waals surface area (Å²) >= 11 is 6.66. The number of esters is 1. The van der Waals surface area contributed by atoms with Crippen molar-refractivity contribution in [1.29, 1.82) is 0 Å². The van der Waals surface area contributed by atoms with Crippen molar-refractivity contribution >= 4 is 23.4 Å². The summed E-state index contributed by atoms with van der Waals surface area (Å²) in [5.74, 6) is 1.79. The number of alkyl halides is 1. The van der Waals surface area contributed by atoms with Crippen LogP contribution in [0.1, 0.15) is 79.6 Å². The number of carbonyl (C=O) groups excluding carboxylic acids is 2. The van der Waals surface area contributed by atoms with Crippen LogP contribution in [0.25, 0.3) is 0 Å². The van der Waals surface area contributed by atoms with Gasteiger partial charge in [0, 0.05) is 11.8 Å². The lowest BCUT2D eigenvalue weighted by Gasteiger charge is -2.63. The molecule has 0 aromatic carbocycles. The number of hydrogen-bond acceptors (Lipinski definition) is 5. The molecule has 0 aromatic heterocycles. The number of halogens is 1. The lowest BCUT2D eigenvalue weighted by atomic mass is 9.43. The first kappa shape index (κ1) is 25.4. The number of rotatable bonds is 6. The quantitative estimate of drug-likeness (QED) is 0.441. The number of fused-ring (bicyclic) bond motifs is 5. The van der Waals surface area contributed by atoms with E-state index < -0.39 is 6.10 Å². The third kappa shape index (κ3) is 4.29. The van der Waals surface area contributed by atoms with E-state index in [0.29, 0.717) is 24.3 Å². The third-order valence-electron chi connectivity index (χ3n) is 10.6. The number of aliphatic hydroxyl groups excluding tert-OH is 1. The van der Waals surface area contributed by atoms with E-state index in [-0.39, 0.29) is 45.9 Å². The number of ether oxygens (including phenoxy) is 1. The van der Waals surface area contributed by atoms with E-state index in [9.17, 15) is 14.7 Å². The Bertz CT molecular complexity index is 756. The fraction of sp³-hybridized carbons (Fsp3) is 0.926. The molecule has 188 valence electrons. The minimum atomic E-state index is -0.451. The molecule has 6 heteroatoms. The predicted molar refractivity (Wildman–Crippen MR) is 130 cm³/mol. The summed E-state index contributed by atoms with van der Waals surface area (Å²) in [4.78, 5) is 27.8. The topological polar surface area (TPSA) is 66.8 Å². The highest BCUT2D eigenvalue weighted by molar-refractivity contribution is 6.21. The Hall–Kier alpha value is -0.650. The Labute approximate surface area is 204 Å². The first-order valence-corrected chi connectivity index (χ1v) is 13.7. The van der Waals surface area contributed by atoms with Gasteiger partial charge in [-0.05, 0) is 93.5 Å². The minimum absolute atomic E-state index is 0.0512. The van der Waals surface area contributed by atoms with Gasteiger partial charge in [0.15, 0.2) is 0 Å². The maximum atomic E-state index is 13.1. The molecule has 4 aliphatic rings. The van der Waals surface area contributed by atoms with E-state index >= 15 is 0 Å². The number of aliphatic hydroxyl groups is 1. The molecular formula is C27H44ClNO4. The van der Waals surface area contributed by atoms with E-state index in [1.54, 1.807) is 6.92 Å². The fourth-order valence-electron chi connectivity index (χ4n) is 8.94. The smallest absolute Gasteiger partial charge is 0.320 e. The number of carbonyl (C=O) groups is 2. The number of ketones is 1. The summed E-state index contributed by atoms with van der Waals surface area (Å²) in [6, 6.07) is 0. The SMILES string of the molecule is CCN(CC)CC(=O)O[C@H]1C[C@]2(C)[C@@H](C(C)=O)CC[C@H]2[C@@H]2CC[C@H]3C[C@H](O)[C@@H](Cl)C[C@]3(C)[C@H]21. The van der Waals surface area contributed by atoms with Crippen molar-refractivity contribution in [2.75, 3.05) is 19.6 Å².